The number of carbonyl (C=O) groups excluding carboxylic acids is 3. The SMILES string of the molecule is CCC(C)OC(=O)[C@H](CCC(N)=O)NC(=O)OCC1c2ccccc2-c2ccccc21. The van der Waals surface area contributed by atoms with E-state index < -0.39 is 24.0 Å². The van der Waals surface area contributed by atoms with Gasteiger partial charge in [-0.3, -0.25) is 4.79 Å². The molecule has 1 unspecified atom stereocenters. The van der Waals surface area contributed by atoms with Gasteiger partial charge in [0.2, 0.25) is 5.91 Å². The number of hydrogen-bond acceptors (Lipinski definition) is 5. The second kappa shape index (κ2) is 10.1. The molecule has 7 heteroatoms. The maximum absolute atomic E-state index is 12.5. The van der Waals surface area contributed by atoms with Gasteiger partial charge in [0.1, 0.15) is 12.6 Å². The van der Waals surface area contributed by atoms with E-state index in [1.54, 1.807) is 6.92 Å². The minimum absolute atomic E-state index is 0.0504. The third-order valence-corrected chi connectivity index (χ3v) is 5.49. The molecule has 1 aliphatic rings. The minimum atomic E-state index is -1.00. The largest absolute Gasteiger partial charge is 0.461 e. The van der Waals surface area contributed by atoms with Crippen molar-refractivity contribution in [2.45, 2.75) is 51.2 Å². The fourth-order valence-electron chi connectivity index (χ4n) is 3.68. The summed E-state index contributed by atoms with van der Waals surface area (Å²) in [6.45, 7) is 3.77. The first-order chi connectivity index (χ1) is 14.9. The van der Waals surface area contributed by atoms with E-state index in [0.29, 0.717) is 6.42 Å². The summed E-state index contributed by atoms with van der Waals surface area (Å²) in [5.74, 6) is -1.26. The van der Waals surface area contributed by atoms with Crippen molar-refractivity contribution in [1.82, 2.24) is 5.32 Å². The Hall–Kier alpha value is -3.35. The van der Waals surface area contributed by atoms with E-state index in [2.05, 4.69) is 17.4 Å². The molecular weight excluding hydrogens is 396 g/mol. The highest BCUT2D eigenvalue weighted by atomic mass is 16.6. The summed E-state index contributed by atoms with van der Waals surface area (Å²) in [5.41, 5.74) is 9.64. The summed E-state index contributed by atoms with van der Waals surface area (Å²) in [7, 11) is 0. The number of primary amides is 1. The lowest BCUT2D eigenvalue weighted by Gasteiger charge is -2.20. The Kier molecular flexibility index (Phi) is 7.28. The Bertz CT molecular complexity index is 913. The number of amides is 2. The second-order valence-corrected chi connectivity index (χ2v) is 7.68. The van der Waals surface area contributed by atoms with Crippen LogP contribution in [0.3, 0.4) is 0 Å². The molecule has 0 aliphatic heterocycles. The Morgan fingerprint density at radius 1 is 1.03 bits per heavy atom. The Balaban J connectivity index is 1.66. The number of benzene rings is 2. The lowest BCUT2D eigenvalue weighted by Crippen LogP contribution is -2.43. The van der Waals surface area contributed by atoms with Crippen LogP contribution < -0.4 is 11.1 Å². The molecule has 3 rings (SSSR count). The standard InChI is InChI=1S/C24H28N2O5/c1-3-15(2)31-23(28)21(12-13-22(25)27)26-24(29)30-14-20-18-10-6-4-8-16(18)17-9-5-7-11-19(17)20/h4-11,15,20-21H,3,12-14H2,1-2H3,(H2,25,27)(H,26,29)/t15?,21-/m0/s1. The molecular formula is C24H28N2O5. The molecule has 2 atom stereocenters. The Labute approximate surface area is 181 Å². The van der Waals surface area contributed by atoms with E-state index in [9.17, 15) is 14.4 Å². The monoisotopic (exact) mass is 424 g/mol. The van der Waals surface area contributed by atoms with E-state index in [1.165, 1.54) is 0 Å². The van der Waals surface area contributed by atoms with E-state index in [-0.39, 0.29) is 31.5 Å². The van der Waals surface area contributed by atoms with Gasteiger partial charge in [0.25, 0.3) is 0 Å². The highest BCUT2D eigenvalue weighted by molar-refractivity contribution is 5.83. The normalized spacial score (nSPS) is 14.1. The summed E-state index contributed by atoms with van der Waals surface area (Å²) in [5, 5.41) is 2.53. The first-order valence-electron chi connectivity index (χ1n) is 10.5. The van der Waals surface area contributed by atoms with Crippen molar-refractivity contribution in [3.05, 3.63) is 59.7 Å². The van der Waals surface area contributed by atoms with Gasteiger partial charge in [0.15, 0.2) is 0 Å². The molecule has 7 nitrogen and oxygen atoms in total. The Morgan fingerprint density at radius 2 is 1.61 bits per heavy atom. The molecule has 1 aliphatic carbocycles. The molecule has 3 N–H and O–H groups in total. The number of alkyl carbamates (subject to hydrolysis) is 1. The van der Waals surface area contributed by atoms with Crippen LogP contribution in [0.25, 0.3) is 11.1 Å². The molecule has 2 aromatic carbocycles. The quantitative estimate of drug-likeness (QED) is 0.599. The van der Waals surface area contributed by atoms with Crippen LogP contribution in [-0.2, 0) is 19.1 Å². The van der Waals surface area contributed by atoms with E-state index >= 15 is 0 Å². The number of nitrogens with one attached hydrogen (secondary N) is 1. The first-order valence-corrected chi connectivity index (χ1v) is 10.5. The molecule has 31 heavy (non-hydrogen) atoms. The van der Waals surface area contributed by atoms with Crippen molar-refractivity contribution in [3.63, 3.8) is 0 Å². The predicted molar refractivity (Wildman–Crippen MR) is 116 cm³/mol. The van der Waals surface area contributed by atoms with Gasteiger partial charge in [-0.1, -0.05) is 55.5 Å². The van der Waals surface area contributed by atoms with E-state index in [4.69, 9.17) is 15.2 Å². The average Bonchev–Trinajstić information content (AvgIpc) is 3.08. The molecule has 0 fully saturated rings. The lowest BCUT2D eigenvalue weighted by molar-refractivity contribution is -0.151. The molecule has 2 aromatic rings. The maximum Gasteiger partial charge on any atom is 0.407 e. The van der Waals surface area contributed by atoms with Crippen molar-refractivity contribution in [1.29, 1.82) is 0 Å². The molecule has 0 saturated carbocycles. The van der Waals surface area contributed by atoms with Crippen molar-refractivity contribution in [2.24, 2.45) is 5.73 Å². The summed E-state index contributed by atoms with van der Waals surface area (Å²) in [6, 6.07) is 15.1. The number of carbonyl (C=O) groups is 3. The van der Waals surface area contributed by atoms with Gasteiger partial charge in [-0.2, -0.15) is 0 Å². The van der Waals surface area contributed by atoms with Crippen LogP contribution >= 0.6 is 0 Å². The van der Waals surface area contributed by atoms with Crippen LogP contribution in [0.5, 0.6) is 0 Å². The topological polar surface area (TPSA) is 108 Å². The minimum Gasteiger partial charge on any atom is -0.461 e. The Morgan fingerprint density at radius 3 is 2.16 bits per heavy atom. The molecule has 0 radical (unpaired) electrons. The first kappa shape index (κ1) is 22.3. The number of rotatable bonds is 9. The van der Waals surface area contributed by atoms with Crippen molar-refractivity contribution in [3.8, 4) is 11.1 Å². The summed E-state index contributed by atoms with van der Waals surface area (Å²) < 4.78 is 10.8. The third-order valence-electron chi connectivity index (χ3n) is 5.49. The van der Waals surface area contributed by atoms with Gasteiger partial charge in [-0.05, 0) is 42.0 Å². The number of fused-ring (bicyclic) bond motifs is 3. The number of esters is 1. The molecule has 0 heterocycles. The van der Waals surface area contributed by atoms with Gasteiger partial charge in [-0.15, -0.1) is 0 Å². The van der Waals surface area contributed by atoms with Crippen LogP contribution in [0.15, 0.2) is 48.5 Å². The smallest absolute Gasteiger partial charge is 0.407 e. The predicted octanol–water partition coefficient (Wildman–Crippen LogP) is 3.50. The lowest BCUT2D eigenvalue weighted by atomic mass is 9.98. The fourth-order valence-corrected chi connectivity index (χ4v) is 3.68. The van der Waals surface area contributed by atoms with E-state index in [0.717, 1.165) is 22.3 Å². The highest BCUT2D eigenvalue weighted by Crippen LogP contribution is 2.44. The van der Waals surface area contributed by atoms with Crippen molar-refractivity contribution < 1.29 is 23.9 Å². The van der Waals surface area contributed by atoms with Crippen LogP contribution in [0.2, 0.25) is 0 Å². The fraction of sp³-hybridized carbons (Fsp3) is 0.375. The zero-order valence-electron chi connectivity index (χ0n) is 17.8. The zero-order chi connectivity index (χ0) is 22.4. The van der Waals surface area contributed by atoms with Gasteiger partial charge < -0.3 is 20.5 Å². The highest BCUT2D eigenvalue weighted by Gasteiger charge is 2.30. The number of ether oxygens (including phenoxy) is 2. The molecule has 0 spiro atoms. The van der Waals surface area contributed by atoms with Crippen molar-refractivity contribution >= 4 is 18.0 Å². The van der Waals surface area contributed by atoms with Crippen LogP contribution in [0.4, 0.5) is 4.79 Å². The van der Waals surface area contributed by atoms with Crippen molar-refractivity contribution in [2.75, 3.05) is 6.61 Å². The van der Waals surface area contributed by atoms with E-state index in [1.807, 2.05) is 43.3 Å². The molecule has 0 bridgehead atoms. The summed E-state index contributed by atoms with van der Waals surface area (Å²) in [4.78, 5) is 36.0. The number of nitrogens with two attached hydrogens (primary N) is 1. The van der Waals surface area contributed by atoms with Gasteiger partial charge >= 0.3 is 12.1 Å². The molecule has 0 saturated heterocycles. The average molecular weight is 424 g/mol. The number of hydrogen-bond donors (Lipinski definition) is 2. The second-order valence-electron chi connectivity index (χ2n) is 7.68. The molecule has 2 amide bonds. The summed E-state index contributed by atoms with van der Waals surface area (Å²) in [6.07, 6.45) is -0.400. The van der Waals surface area contributed by atoms with Gasteiger partial charge in [0.05, 0.1) is 6.10 Å². The zero-order valence-corrected chi connectivity index (χ0v) is 17.8. The van der Waals surface area contributed by atoms with Crippen LogP contribution in [0.1, 0.15) is 50.2 Å². The summed E-state index contributed by atoms with van der Waals surface area (Å²) >= 11 is 0. The third kappa shape index (κ3) is 5.42. The van der Waals surface area contributed by atoms with Gasteiger partial charge in [0, 0.05) is 12.3 Å². The maximum atomic E-state index is 12.5. The van der Waals surface area contributed by atoms with Crippen LogP contribution in [-0.4, -0.2) is 36.7 Å². The molecule has 0 aromatic heterocycles. The van der Waals surface area contributed by atoms with Crippen LogP contribution in [0, 0.1) is 0 Å². The molecule has 164 valence electrons. The van der Waals surface area contributed by atoms with Gasteiger partial charge in [-0.25, -0.2) is 9.59 Å².